The molecule has 20 heavy (non-hydrogen) atoms. The summed E-state index contributed by atoms with van der Waals surface area (Å²) < 4.78 is 59.6. The zero-order chi connectivity index (χ0) is 15.6. The Labute approximate surface area is 114 Å². The van der Waals surface area contributed by atoms with Crippen molar-refractivity contribution in [1.82, 2.24) is 9.71 Å². The van der Waals surface area contributed by atoms with Gasteiger partial charge in [-0.25, -0.2) is 13.1 Å². The topological polar surface area (TPSA) is 76.1 Å². The Hall–Kier alpha value is -1.64. The zero-order valence-corrected chi connectivity index (χ0v) is 11.5. The van der Waals surface area contributed by atoms with Crippen LogP contribution < -0.4 is 4.72 Å². The number of rotatable bonds is 4. The number of pyridine rings is 1. The van der Waals surface area contributed by atoms with Gasteiger partial charge in [-0.05, 0) is 18.1 Å². The quantitative estimate of drug-likeness (QED) is 0.920. The Morgan fingerprint density at radius 2 is 1.95 bits per heavy atom. The van der Waals surface area contributed by atoms with Gasteiger partial charge < -0.3 is 0 Å². The summed E-state index contributed by atoms with van der Waals surface area (Å²) in [5.41, 5.74) is 0.555. The van der Waals surface area contributed by atoms with Gasteiger partial charge in [-0.3, -0.25) is 9.78 Å². The standard InChI is InChI=1S/C11H13F3N2O3S/c1-7(2)9-4-3-8(5-15-9)10(17)16-20(18,19)6-11(12,13)14/h3-5,7H,6H2,1-2H3,(H,16,17). The summed E-state index contributed by atoms with van der Waals surface area (Å²) in [5, 5.41) is 0. The lowest BCUT2D eigenvalue weighted by atomic mass is 10.1. The van der Waals surface area contributed by atoms with Crippen LogP contribution in [-0.2, 0) is 10.0 Å². The zero-order valence-electron chi connectivity index (χ0n) is 10.7. The summed E-state index contributed by atoms with van der Waals surface area (Å²) in [6, 6.07) is 2.82. The van der Waals surface area contributed by atoms with Crippen molar-refractivity contribution in [3.05, 3.63) is 29.6 Å². The molecule has 1 aromatic heterocycles. The van der Waals surface area contributed by atoms with Crippen LogP contribution in [0.3, 0.4) is 0 Å². The maximum atomic E-state index is 12.0. The number of halogens is 3. The molecule has 0 atom stereocenters. The van der Waals surface area contributed by atoms with Crippen molar-refractivity contribution >= 4 is 15.9 Å². The number of aromatic nitrogens is 1. The van der Waals surface area contributed by atoms with Crippen LogP contribution in [0.5, 0.6) is 0 Å². The lowest BCUT2D eigenvalue weighted by molar-refractivity contribution is -0.106. The van der Waals surface area contributed by atoms with Crippen LogP contribution in [0, 0.1) is 0 Å². The van der Waals surface area contributed by atoms with E-state index in [2.05, 4.69) is 4.98 Å². The van der Waals surface area contributed by atoms with E-state index in [1.807, 2.05) is 13.8 Å². The summed E-state index contributed by atoms with van der Waals surface area (Å²) in [6.07, 6.45) is -3.79. The number of hydrogen-bond donors (Lipinski definition) is 1. The van der Waals surface area contributed by atoms with Crippen molar-refractivity contribution in [2.75, 3.05) is 5.75 Å². The maximum Gasteiger partial charge on any atom is 0.404 e. The molecule has 0 aliphatic carbocycles. The molecule has 0 bridgehead atoms. The number of nitrogens with one attached hydrogen (secondary N) is 1. The van der Waals surface area contributed by atoms with E-state index in [0.29, 0.717) is 5.69 Å². The molecule has 5 nitrogen and oxygen atoms in total. The summed E-state index contributed by atoms with van der Waals surface area (Å²) in [7, 11) is -4.77. The van der Waals surface area contributed by atoms with Crippen molar-refractivity contribution in [3.8, 4) is 0 Å². The molecule has 0 saturated carbocycles. The highest BCUT2D eigenvalue weighted by molar-refractivity contribution is 7.90. The van der Waals surface area contributed by atoms with Crippen molar-refractivity contribution in [2.24, 2.45) is 0 Å². The molecular weight excluding hydrogens is 297 g/mol. The van der Waals surface area contributed by atoms with Crippen LogP contribution >= 0.6 is 0 Å². The monoisotopic (exact) mass is 310 g/mol. The summed E-state index contributed by atoms with van der Waals surface area (Å²) in [5.74, 6) is -3.14. The molecule has 0 unspecified atom stereocenters. The molecule has 0 saturated heterocycles. The van der Waals surface area contributed by atoms with E-state index in [0.717, 1.165) is 6.20 Å². The molecular formula is C11H13F3N2O3S. The molecule has 112 valence electrons. The summed E-state index contributed by atoms with van der Waals surface area (Å²) in [6.45, 7) is 3.74. The van der Waals surface area contributed by atoms with Crippen LogP contribution in [-0.4, -0.2) is 31.2 Å². The van der Waals surface area contributed by atoms with Crippen molar-refractivity contribution < 1.29 is 26.4 Å². The molecule has 0 spiro atoms. The van der Waals surface area contributed by atoms with Gasteiger partial charge in [0.2, 0.25) is 10.0 Å². The number of amides is 1. The van der Waals surface area contributed by atoms with E-state index in [4.69, 9.17) is 0 Å². The molecule has 1 N–H and O–H groups in total. The third kappa shape index (κ3) is 5.16. The molecule has 9 heteroatoms. The molecule has 1 rings (SSSR count). The Kier molecular flexibility index (Phi) is 4.74. The Bertz CT molecular complexity index is 580. The van der Waals surface area contributed by atoms with Gasteiger partial charge >= 0.3 is 6.18 Å². The van der Waals surface area contributed by atoms with Crippen molar-refractivity contribution in [3.63, 3.8) is 0 Å². The van der Waals surface area contributed by atoms with Crippen molar-refractivity contribution in [1.29, 1.82) is 0 Å². The van der Waals surface area contributed by atoms with Crippen LogP contribution in [0.25, 0.3) is 0 Å². The van der Waals surface area contributed by atoms with E-state index in [1.54, 1.807) is 0 Å². The molecule has 1 aromatic rings. The molecule has 1 heterocycles. The Balaban J connectivity index is 2.81. The summed E-state index contributed by atoms with van der Waals surface area (Å²) in [4.78, 5) is 15.5. The highest BCUT2D eigenvalue weighted by Gasteiger charge is 2.36. The van der Waals surface area contributed by atoms with Crippen LogP contribution in [0.1, 0.15) is 35.8 Å². The molecule has 1 amide bonds. The van der Waals surface area contributed by atoms with Crippen LogP contribution in [0.15, 0.2) is 18.3 Å². The van der Waals surface area contributed by atoms with E-state index in [1.165, 1.54) is 16.9 Å². The van der Waals surface area contributed by atoms with Gasteiger partial charge in [0.15, 0.2) is 5.75 Å². The lowest BCUT2D eigenvalue weighted by Crippen LogP contribution is -2.37. The Morgan fingerprint density at radius 1 is 1.35 bits per heavy atom. The van der Waals surface area contributed by atoms with Gasteiger partial charge in [-0.2, -0.15) is 13.2 Å². The lowest BCUT2D eigenvalue weighted by Gasteiger charge is -2.09. The molecule has 0 radical (unpaired) electrons. The number of carbonyl (C=O) groups is 1. The predicted octanol–water partition coefficient (Wildman–Crippen LogP) is 1.83. The van der Waals surface area contributed by atoms with Crippen LogP contribution in [0.4, 0.5) is 13.2 Å². The second kappa shape index (κ2) is 5.78. The number of alkyl halides is 3. The second-order valence-corrected chi connectivity index (χ2v) is 6.15. The predicted molar refractivity (Wildman–Crippen MR) is 65.6 cm³/mol. The number of carbonyl (C=O) groups excluding carboxylic acids is 1. The first-order chi connectivity index (χ1) is 9.00. The first-order valence-corrected chi connectivity index (χ1v) is 7.23. The minimum Gasteiger partial charge on any atom is -0.268 e. The molecule has 0 aliphatic rings. The SMILES string of the molecule is CC(C)c1ccc(C(=O)NS(=O)(=O)CC(F)(F)F)cn1. The van der Waals surface area contributed by atoms with Gasteiger partial charge in [0, 0.05) is 11.9 Å². The van der Waals surface area contributed by atoms with Gasteiger partial charge in [0.1, 0.15) is 0 Å². The highest BCUT2D eigenvalue weighted by Crippen LogP contribution is 2.17. The Morgan fingerprint density at radius 3 is 2.35 bits per heavy atom. The van der Waals surface area contributed by atoms with E-state index in [-0.39, 0.29) is 11.5 Å². The second-order valence-electron chi connectivity index (χ2n) is 4.43. The minimum atomic E-state index is -4.91. The third-order valence-electron chi connectivity index (χ3n) is 2.24. The largest absolute Gasteiger partial charge is 0.404 e. The molecule has 0 aliphatic heterocycles. The first kappa shape index (κ1) is 16.4. The van der Waals surface area contributed by atoms with Gasteiger partial charge in [0.05, 0.1) is 5.56 Å². The normalized spacial score (nSPS) is 12.5. The average Bonchev–Trinajstić information content (AvgIpc) is 2.24. The first-order valence-electron chi connectivity index (χ1n) is 5.58. The van der Waals surface area contributed by atoms with E-state index >= 15 is 0 Å². The number of sulfonamides is 1. The number of nitrogens with zero attached hydrogens (tertiary/aromatic N) is 1. The van der Waals surface area contributed by atoms with Gasteiger partial charge in [0.25, 0.3) is 5.91 Å². The third-order valence-corrected chi connectivity index (χ3v) is 3.45. The van der Waals surface area contributed by atoms with E-state index in [9.17, 15) is 26.4 Å². The highest BCUT2D eigenvalue weighted by atomic mass is 32.2. The fraction of sp³-hybridized carbons (Fsp3) is 0.455. The smallest absolute Gasteiger partial charge is 0.268 e. The van der Waals surface area contributed by atoms with Crippen molar-refractivity contribution in [2.45, 2.75) is 25.9 Å². The number of hydrogen-bond acceptors (Lipinski definition) is 4. The van der Waals surface area contributed by atoms with Gasteiger partial charge in [-0.15, -0.1) is 0 Å². The van der Waals surface area contributed by atoms with Gasteiger partial charge in [-0.1, -0.05) is 13.8 Å². The minimum absolute atomic E-state index is 0.112. The average molecular weight is 310 g/mol. The maximum absolute atomic E-state index is 12.0. The fourth-order valence-electron chi connectivity index (χ4n) is 1.33. The summed E-state index contributed by atoms with van der Waals surface area (Å²) >= 11 is 0. The molecule has 0 aromatic carbocycles. The van der Waals surface area contributed by atoms with E-state index < -0.39 is 27.9 Å². The van der Waals surface area contributed by atoms with Crippen LogP contribution in [0.2, 0.25) is 0 Å². The fourth-order valence-corrected chi connectivity index (χ4v) is 2.24. The molecule has 0 fully saturated rings.